The number of hydrogen-bond donors (Lipinski definition) is 1. The van der Waals surface area contributed by atoms with Crippen molar-refractivity contribution in [2.45, 2.75) is 19.8 Å². The molecule has 0 aliphatic carbocycles. The predicted molar refractivity (Wildman–Crippen MR) is 72.5 cm³/mol. The summed E-state index contributed by atoms with van der Waals surface area (Å²) < 4.78 is 0. The van der Waals surface area contributed by atoms with E-state index in [9.17, 15) is 4.79 Å². The fourth-order valence-corrected chi connectivity index (χ4v) is 2.17. The van der Waals surface area contributed by atoms with Crippen molar-refractivity contribution in [2.24, 2.45) is 5.92 Å². The van der Waals surface area contributed by atoms with E-state index < -0.39 is 0 Å². The monoisotopic (exact) mass is 258 g/mol. The highest BCUT2D eigenvalue weighted by Crippen LogP contribution is 2.18. The Kier molecular flexibility index (Phi) is 4.53. The quantitative estimate of drug-likeness (QED) is 0.772. The van der Waals surface area contributed by atoms with Gasteiger partial charge in [0.1, 0.15) is 12.3 Å². The molecule has 1 fully saturated rings. The van der Waals surface area contributed by atoms with Gasteiger partial charge < -0.3 is 10.0 Å². The SMILES string of the molecule is CC1CCN(C(=O)c2ncccc2C#CCO)CC1. The number of carbonyl (C=O) groups excluding carboxylic acids is 1. The van der Waals surface area contributed by atoms with Crippen LogP contribution in [0.1, 0.15) is 35.8 Å². The highest BCUT2D eigenvalue weighted by atomic mass is 16.2. The first kappa shape index (κ1) is 13.6. The summed E-state index contributed by atoms with van der Waals surface area (Å²) in [7, 11) is 0. The third-order valence-electron chi connectivity index (χ3n) is 3.38. The van der Waals surface area contributed by atoms with Crippen molar-refractivity contribution in [3.63, 3.8) is 0 Å². The smallest absolute Gasteiger partial charge is 0.273 e. The first-order chi connectivity index (χ1) is 9.22. The molecular formula is C15H18N2O2. The first-order valence-electron chi connectivity index (χ1n) is 6.56. The van der Waals surface area contributed by atoms with E-state index in [2.05, 4.69) is 23.7 Å². The normalized spacial score (nSPS) is 15.8. The van der Waals surface area contributed by atoms with Crippen LogP contribution < -0.4 is 0 Å². The maximum Gasteiger partial charge on any atom is 0.273 e. The van der Waals surface area contributed by atoms with Gasteiger partial charge in [0.2, 0.25) is 0 Å². The Labute approximate surface area is 113 Å². The first-order valence-corrected chi connectivity index (χ1v) is 6.56. The Morgan fingerprint density at radius 2 is 2.26 bits per heavy atom. The summed E-state index contributed by atoms with van der Waals surface area (Å²) in [6.45, 7) is 3.55. The number of aliphatic hydroxyl groups excluding tert-OH is 1. The van der Waals surface area contributed by atoms with Crippen LogP contribution in [0.15, 0.2) is 18.3 Å². The molecule has 0 spiro atoms. The molecule has 1 saturated heterocycles. The Morgan fingerprint density at radius 3 is 2.95 bits per heavy atom. The van der Waals surface area contributed by atoms with Crippen molar-refractivity contribution in [3.8, 4) is 11.8 Å². The summed E-state index contributed by atoms with van der Waals surface area (Å²) in [6, 6.07) is 3.51. The average Bonchev–Trinajstić information content (AvgIpc) is 2.45. The molecule has 1 aliphatic heterocycles. The van der Waals surface area contributed by atoms with Gasteiger partial charge in [0.05, 0.1) is 5.56 Å². The van der Waals surface area contributed by atoms with Crippen LogP contribution in [-0.4, -0.2) is 40.6 Å². The molecule has 1 amide bonds. The molecule has 2 rings (SSSR count). The second kappa shape index (κ2) is 6.35. The van der Waals surface area contributed by atoms with E-state index in [4.69, 9.17) is 5.11 Å². The molecule has 0 atom stereocenters. The van der Waals surface area contributed by atoms with E-state index in [1.807, 2.05) is 4.90 Å². The predicted octanol–water partition coefficient (Wildman–Crippen LogP) is 1.30. The number of likely N-dealkylation sites (tertiary alicyclic amines) is 1. The van der Waals surface area contributed by atoms with Gasteiger partial charge in [-0.3, -0.25) is 4.79 Å². The van der Waals surface area contributed by atoms with Crippen LogP contribution in [0.25, 0.3) is 0 Å². The number of amides is 1. The van der Waals surface area contributed by atoms with Gasteiger partial charge in [-0.05, 0) is 30.9 Å². The molecule has 19 heavy (non-hydrogen) atoms. The minimum atomic E-state index is -0.218. The Bertz CT molecular complexity index is 508. The average molecular weight is 258 g/mol. The molecule has 1 aliphatic rings. The lowest BCUT2D eigenvalue weighted by molar-refractivity contribution is 0.0691. The lowest BCUT2D eigenvalue weighted by Crippen LogP contribution is -2.38. The molecule has 1 N–H and O–H groups in total. The lowest BCUT2D eigenvalue weighted by atomic mass is 9.99. The van der Waals surface area contributed by atoms with Gasteiger partial charge in [0.25, 0.3) is 5.91 Å². The summed E-state index contributed by atoms with van der Waals surface area (Å²) in [5, 5.41) is 8.75. The molecule has 100 valence electrons. The second-order valence-corrected chi connectivity index (χ2v) is 4.83. The van der Waals surface area contributed by atoms with Gasteiger partial charge in [0, 0.05) is 19.3 Å². The molecule has 0 aromatic carbocycles. The molecule has 1 aromatic heterocycles. The van der Waals surface area contributed by atoms with Gasteiger partial charge >= 0.3 is 0 Å². The zero-order valence-electron chi connectivity index (χ0n) is 11.1. The highest BCUT2D eigenvalue weighted by molar-refractivity contribution is 5.94. The molecule has 4 nitrogen and oxygen atoms in total. The number of nitrogens with zero attached hydrogens (tertiary/aromatic N) is 2. The van der Waals surface area contributed by atoms with Crippen LogP contribution in [-0.2, 0) is 0 Å². The molecule has 2 heterocycles. The standard InChI is InChI=1S/C15H18N2O2/c1-12-6-9-17(10-7-12)15(19)14-13(5-3-11-18)4-2-8-16-14/h2,4,8,12,18H,6-7,9-11H2,1H3. The molecule has 4 heteroatoms. The second-order valence-electron chi connectivity index (χ2n) is 4.83. The van der Waals surface area contributed by atoms with E-state index in [0.29, 0.717) is 17.2 Å². The molecule has 0 unspecified atom stereocenters. The number of piperidine rings is 1. The van der Waals surface area contributed by atoms with Gasteiger partial charge in [-0.2, -0.15) is 0 Å². The van der Waals surface area contributed by atoms with Crippen molar-refractivity contribution in [1.29, 1.82) is 0 Å². The fourth-order valence-electron chi connectivity index (χ4n) is 2.17. The maximum absolute atomic E-state index is 12.4. The van der Waals surface area contributed by atoms with Crippen LogP contribution in [0.5, 0.6) is 0 Å². The largest absolute Gasteiger partial charge is 0.384 e. The van der Waals surface area contributed by atoms with E-state index in [0.717, 1.165) is 25.9 Å². The zero-order chi connectivity index (χ0) is 13.7. The van der Waals surface area contributed by atoms with Gasteiger partial charge in [0.15, 0.2) is 0 Å². The van der Waals surface area contributed by atoms with Gasteiger partial charge in [-0.1, -0.05) is 18.8 Å². The van der Waals surface area contributed by atoms with E-state index in [1.165, 1.54) is 0 Å². The zero-order valence-corrected chi connectivity index (χ0v) is 11.1. The van der Waals surface area contributed by atoms with E-state index in [1.54, 1.807) is 18.3 Å². The van der Waals surface area contributed by atoms with E-state index in [-0.39, 0.29) is 12.5 Å². The summed E-state index contributed by atoms with van der Waals surface area (Å²) >= 11 is 0. The van der Waals surface area contributed by atoms with Crippen LogP contribution in [0.4, 0.5) is 0 Å². The fraction of sp³-hybridized carbons (Fsp3) is 0.467. The Morgan fingerprint density at radius 1 is 1.53 bits per heavy atom. The highest BCUT2D eigenvalue weighted by Gasteiger charge is 2.23. The number of pyridine rings is 1. The minimum Gasteiger partial charge on any atom is -0.384 e. The topological polar surface area (TPSA) is 53.4 Å². The number of aromatic nitrogens is 1. The summed E-state index contributed by atoms with van der Waals surface area (Å²) in [5.74, 6) is 5.97. The van der Waals surface area contributed by atoms with Crippen LogP contribution in [0, 0.1) is 17.8 Å². The van der Waals surface area contributed by atoms with Gasteiger partial charge in [-0.15, -0.1) is 0 Å². The third kappa shape index (κ3) is 3.33. The Balaban J connectivity index is 2.19. The third-order valence-corrected chi connectivity index (χ3v) is 3.38. The lowest BCUT2D eigenvalue weighted by Gasteiger charge is -2.30. The summed E-state index contributed by atoms with van der Waals surface area (Å²) in [6.07, 6.45) is 3.68. The maximum atomic E-state index is 12.4. The van der Waals surface area contributed by atoms with Crippen LogP contribution >= 0.6 is 0 Å². The van der Waals surface area contributed by atoms with Crippen LogP contribution in [0.3, 0.4) is 0 Å². The van der Waals surface area contributed by atoms with Crippen molar-refractivity contribution in [2.75, 3.05) is 19.7 Å². The minimum absolute atomic E-state index is 0.0604. The molecule has 1 aromatic rings. The number of hydrogen-bond acceptors (Lipinski definition) is 3. The molecule has 0 radical (unpaired) electrons. The summed E-state index contributed by atoms with van der Waals surface area (Å²) in [4.78, 5) is 18.4. The van der Waals surface area contributed by atoms with E-state index >= 15 is 0 Å². The Hall–Kier alpha value is -1.86. The molecular weight excluding hydrogens is 240 g/mol. The van der Waals surface area contributed by atoms with Gasteiger partial charge in [-0.25, -0.2) is 4.98 Å². The summed E-state index contributed by atoms with van der Waals surface area (Å²) in [5.41, 5.74) is 0.971. The number of aliphatic hydroxyl groups is 1. The molecule has 0 bridgehead atoms. The number of rotatable bonds is 1. The van der Waals surface area contributed by atoms with Crippen molar-refractivity contribution >= 4 is 5.91 Å². The molecule has 0 saturated carbocycles. The van der Waals surface area contributed by atoms with Crippen LogP contribution in [0.2, 0.25) is 0 Å². The van der Waals surface area contributed by atoms with Crippen molar-refractivity contribution < 1.29 is 9.90 Å². The van der Waals surface area contributed by atoms with Crippen molar-refractivity contribution in [1.82, 2.24) is 9.88 Å². The van der Waals surface area contributed by atoms with Crippen molar-refractivity contribution in [3.05, 3.63) is 29.6 Å². The number of carbonyl (C=O) groups is 1.